The van der Waals surface area contributed by atoms with Crippen LogP contribution in [0.15, 0.2) is 42.5 Å². The highest BCUT2D eigenvalue weighted by molar-refractivity contribution is 5.74. The van der Waals surface area contributed by atoms with Crippen LogP contribution in [0.4, 0.5) is 0 Å². The van der Waals surface area contributed by atoms with Gasteiger partial charge in [-0.2, -0.15) is 5.26 Å². The van der Waals surface area contributed by atoms with Crippen molar-refractivity contribution < 1.29 is 23.7 Å². The number of hydrogen-bond donors (Lipinski definition) is 0. The molecule has 0 amide bonds. The highest BCUT2D eigenvalue weighted by Crippen LogP contribution is 2.32. The van der Waals surface area contributed by atoms with E-state index in [0.29, 0.717) is 22.8 Å². The molecule has 3 rings (SSSR count). The number of fused-ring (bicyclic) bond motifs is 1. The molecular weight excluding hydrogens is 310 g/mol. The minimum Gasteiger partial charge on any atom is -0.479 e. The summed E-state index contributed by atoms with van der Waals surface area (Å²) in [4.78, 5) is 12.0. The summed E-state index contributed by atoms with van der Waals surface area (Å²) in [6.45, 7) is 1.94. The minimum atomic E-state index is -0.757. The summed E-state index contributed by atoms with van der Waals surface area (Å²) >= 11 is 0. The average molecular weight is 325 g/mol. The van der Waals surface area contributed by atoms with Crippen LogP contribution in [-0.4, -0.2) is 18.9 Å². The summed E-state index contributed by atoms with van der Waals surface area (Å²) in [6, 6.07) is 13.9. The standard InChI is InChI=1S/C18H15NO5/c1-12(24-15-5-2-13(9-19)3-6-15)18(20)21-10-14-4-7-16-17(8-14)23-11-22-16/h2-8,12H,10-11H2,1H3/t12-/m0/s1. The van der Waals surface area contributed by atoms with Crippen molar-refractivity contribution >= 4 is 5.97 Å². The van der Waals surface area contributed by atoms with E-state index in [1.54, 1.807) is 43.3 Å². The number of benzene rings is 2. The van der Waals surface area contributed by atoms with E-state index >= 15 is 0 Å². The Morgan fingerprint density at radius 1 is 1.21 bits per heavy atom. The second-order valence-corrected chi connectivity index (χ2v) is 5.19. The number of hydrogen-bond acceptors (Lipinski definition) is 6. The molecule has 1 heterocycles. The molecule has 24 heavy (non-hydrogen) atoms. The lowest BCUT2D eigenvalue weighted by molar-refractivity contribution is -0.152. The van der Waals surface area contributed by atoms with E-state index in [2.05, 4.69) is 0 Å². The zero-order valence-corrected chi connectivity index (χ0v) is 13.0. The van der Waals surface area contributed by atoms with Crippen molar-refractivity contribution in [1.82, 2.24) is 0 Å². The van der Waals surface area contributed by atoms with Crippen molar-refractivity contribution in [3.8, 4) is 23.3 Å². The summed E-state index contributed by atoms with van der Waals surface area (Å²) < 4.78 is 21.3. The molecule has 122 valence electrons. The van der Waals surface area contributed by atoms with E-state index in [4.69, 9.17) is 24.2 Å². The second-order valence-electron chi connectivity index (χ2n) is 5.19. The van der Waals surface area contributed by atoms with Gasteiger partial charge >= 0.3 is 5.97 Å². The Hall–Kier alpha value is -3.20. The van der Waals surface area contributed by atoms with Crippen LogP contribution < -0.4 is 14.2 Å². The van der Waals surface area contributed by atoms with E-state index in [-0.39, 0.29) is 13.4 Å². The smallest absolute Gasteiger partial charge is 0.347 e. The largest absolute Gasteiger partial charge is 0.479 e. The molecule has 0 fully saturated rings. The number of ether oxygens (including phenoxy) is 4. The maximum Gasteiger partial charge on any atom is 0.347 e. The quantitative estimate of drug-likeness (QED) is 0.787. The predicted octanol–water partition coefficient (Wildman–Crippen LogP) is 2.80. The van der Waals surface area contributed by atoms with Gasteiger partial charge in [0.1, 0.15) is 12.4 Å². The van der Waals surface area contributed by atoms with Crippen molar-refractivity contribution in [1.29, 1.82) is 5.26 Å². The van der Waals surface area contributed by atoms with Crippen LogP contribution >= 0.6 is 0 Å². The molecule has 0 bridgehead atoms. The Balaban J connectivity index is 1.53. The SMILES string of the molecule is C[C@H](Oc1ccc(C#N)cc1)C(=O)OCc1ccc2c(c1)OCO2. The molecule has 0 radical (unpaired) electrons. The molecule has 0 saturated carbocycles. The van der Waals surface area contributed by atoms with Gasteiger partial charge in [0.25, 0.3) is 0 Å². The molecule has 6 nitrogen and oxygen atoms in total. The van der Waals surface area contributed by atoms with Gasteiger partial charge in [-0.1, -0.05) is 6.07 Å². The second kappa shape index (κ2) is 6.92. The molecule has 6 heteroatoms. The van der Waals surface area contributed by atoms with Crippen LogP contribution in [0.2, 0.25) is 0 Å². The summed E-state index contributed by atoms with van der Waals surface area (Å²) in [5, 5.41) is 8.75. The lowest BCUT2D eigenvalue weighted by Gasteiger charge is -2.14. The maximum atomic E-state index is 12.0. The van der Waals surface area contributed by atoms with Crippen molar-refractivity contribution in [2.24, 2.45) is 0 Å². The van der Waals surface area contributed by atoms with Crippen molar-refractivity contribution in [3.05, 3.63) is 53.6 Å². The maximum absolute atomic E-state index is 12.0. The molecule has 1 aliphatic heterocycles. The van der Waals surface area contributed by atoms with Gasteiger partial charge in [0.15, 0.2) is 17.6 Å². The summed E-state index contributed by atoms with van der Waals surface area (Å²) in [7, 11) is 0. The van der Waals surface area contributed by atoms with Gasteiger partial charge in [-0.05, 0) is 48.9 Å². The number of esters is 1. The highest BCUT2D eigenvalue weighted by Gasteiger charge is 2.18. The Bertz CT molecular complexity index is 779. The first-order valence-electron chi connectivity index (χ1n) is 7.37. The fourth-order valence-electron chi connectivity index (χ4n) is 2.16. The van der Waals surface area contributed by atoms with E-state index in [0.717, 1.165) is 5.56 Å². The number of nitrogens with zero attached hydrogens (tertiary/aromatic N) is 1. The number of carbonyl (C=O) groups is 1. The van der Waals surface area contributed by atoms with E-state index < -0.39 is 12.1 Å². The van der Waals surface area contributed by atoms with Crippen LogP contribution in [0.25, 0.3) is 0 Å². The van der Waals surface area contributed by atoms with Crippen LogP contribution in [0.5, 0.6) is 17.2 Å². The summed E-state index contributed by atoms with van der Waals surface area (Å²) in [5.74, 6) is 1.35. The first-order chi connectivity index (χ1) is 11.7. The van der Waals surface area contributed by atoms with Gasteiger partial charge in [0.2, 0.25) is 6.79 Å². The van der Waals surface area contributed by atoms with Gasteiger partial charge in [0.05, 0.1) is 11.6 Å². The predicted molar refractivity (Wildman–Crippen MR) is 83.6 cm³/mol. The van der Waals surface area contributed by atoms with Gasteiger partial charge in [-0.25, -0.2) is 4.79 Å². The molecule has 0 spiro atoms. The van der Waals surface area contributed by atoms with Crippen LogP contribution in [-0.2, 0) is 16.1 Å². The van der Waals surface area contributed by atoms with E-state index in [1.165, 1.54) is 0 Å². The molecule has 1 aliphatic rings. The monoisotopic (exact) mass is 325 g/mol. The third kappa shape index (κ3) is 3.58. The van der Waals surface area contributed by atoms with E-state index in [9.17, 15) is 4.79 Å². The van der Waals surface area contributed by atoms with Gasteiger partial charge in [0, 0.05) is 0 Å². The number of carbonyl (C=O) groups excluding carboxylic acids is 1. The van der Waals surface area contributed by atoms with Crippen LogP contribution in [0.1, 0.15) is 18.1 Å². The molecular formula is C18H15NO5. The number of nitriles is 1. The fourth-order valence-corrected chi connectivity index (χ4v) is 2.16. The van der Waals surface area contributed by atoms with Gasteiger partial charge < -0.3 is 18.9 Å². The topological polar surface area (TPSA) is 77.8 Å². The fraction of sp³-hybridized carbons (Fsp3) is 0.222. The van der Waals surface area contributed by atoms with Crippen molar-refractivity contribution in [2.45, 2.75) is 19.6 Å². The van der Waals surface area contributed by atoms with E-state index in [1.807, 2.05) is 12.1 Å². The lowest BCUT2D eigenvalue weighted by atomic mass is 10.2. The van der Waals surface area contributed by atoms with Gasteiger partial charge in [-0.15, -0.1) is 0 Å². The molecule has 0 saturated heterocycles. The van der Waals surface area contributed by atoms with Crippen molar-refractivity contribution in [2.75, 3.05) is 6.79 Å². The summed E-state index contributed by atoms with van der Waals surface area (Å²) in [6.07, 6.45) is -0.757. The van der Waals surface area contributed by atoms with Crippen LogP contribution in [0.3, 0.4) is 0 Å². The summed E-state index contributed by atoms with van der Waals surface area (Å²) in [5.41, 5.74) is 1.33. The third-order valence-electron chi connectivity index (χ3n) is 3.45. The zero-order valence-electron chi connectivity index (χ0n) is 13.0. The first-order valence-corrected chi connectivity index (χ1v) is 7.37. The first kappa shape index (κ1) is 15.7. The molecule has 0 aliphatic carbocycles. The number of rotatable bonds is 5. The molecule has 0 aromatic heterocycles. The zero-order chi connectivity index (χ0) is 16.9. The molecule has 2 aromatic carbocycles. The lowest BCUT2D eigenvalue weighted by Crippen LogP contribution is -2.26. The highest BCUT2D eigenvalue weighted by atomic mass is 16.7. The average Bonchev–Trinajstić information content (AvgIpc) is 3.08. The Morgan fingerprint density at radius 3 is 2.71 bits per heavy atom. The van der Waals surface area contributed by atoms with Gasteiger partial charge in [-0.3, -0.25) is 0 Å². The third-order valence-corrected chi connectivity index (χ3v) is 3.45. The molecule has 0 N–H and O–H groups in total. The minimum absolute atomic E-state index is 0.122. The molecule has 2 aromatic rings. The Morgan fingerprint density at radius 2 is 1.96 bits per heavy atom. The molecule has 0 unspecified atom stereocenters. The molecule has 1 atom stereocenters. The van der Waals surface area contributed by atoms with Crippen molar-refractivity contribution in [3.63, 3.8) is 0 Å². The Kier molecular flexibility index (Phi) is 4.52. The van der Waals surface area contributed by atoms with Crippen LogP contribution in [0, 0.1) is 11.3 Å². The Labute approximate surface area is 139 Å². The normalized spacial score (nSPS) is 13.0.